The van der Waals surface area contributed by atoms with E-state index in [0.29, 0.717) is 19.4 Å². The lowest BCUT2D eigenvalue weighted by Crippen LogP contribution is -2.25. The van der Waals surface area contributed by atoms with Gasteiger partial charge in [-0.05, 0) is 18.4 Å². The molecule has 1 aromatic heterocycles. The summed E-state index contributed by atoms with van der Waals surface area (Å²) in [5, 5.41) is 11.1. The average Bonchev–Trinajstić information content (AvgIpc) is 2.30. The van der Waals surface area contributed by atoms with Crippen molar-refractivity contribution in [3.05, 3.63) is 24.3 Å². The molecule has 2 N–H and O–H groups in total. The Morgan fingerprint density at radius 1 is 1.24 bits per heavy atom. The van der Waals surface area contributed by atoms with E-state index in [4.69, 9.17) is 5.11 Å². The van der Waals surface area contributed by atoms with Gasteiger partial charge in [-0.25, -0.2) is 9.97 Å². The molecule has 0 aromatic carbocycles. The summed E-state index contributed by atoms with van der Waals surface area (Å²) in [6.45, 7) is 0.513. The molecule has 17 heavy (non-hydrogen) atoms. The van der Waals surface area contributed by atoms with Crippen molar-refractivity contribution in [2.24, 2.45) is 0 Å². The van der Waals surface area contributed by atoms with Crippen molar-refractivity contribution in [3.63, 3.8) is 0 Å². The predicted octanol–water partition coefficient (Wildman–Crippen LogP) is 0.390. The van der Waals surface area contributed by atoms with E-state index in [0.717, 1.165) is 5.56 Å². The van der Waals surface area contributed by atoms with Crippen molar-refractivity contribution in [2.75, 3.05) is 6.54 Å². The molecule has 0 saturated carbocycles. The number of hydrogen-bond acceptors (Lipinski definition) is 4. The molecule has 1 amide bonds. The second-order valence-electron chi connectivity index (χ2n) is 3.59. The van der Waals surface area contributed by atoms with Gasteiger partial charge in [0, 0.05) is 31.8 Å². The maximum absolute atomic E-state index is 11.3. The molecule has 6 heteroatoms. The number of aliphatic carboxylic acids is 1. The molecule has 0 unspecified atom stereocenters. The molecule has 1 aromatic rings. The maximum atomic E-state index is 11.3. The van der Waals surface area contributed by atoms with E-state index >= 15 is 0 Å². The van der Waals surface area contributed by atoms with Gasteiger partial charge in [0.05, 0.1) is 0 Å². The number of carboxylic acid groups (broad SMARTS) is 1. The molecular weight excluding hydrogens is 222 g/mol. The Labute approximate surface area is 99.1 Å². The molecule has 0 aliphatic carbocycles. The summed E-state index contributed by atoms with van der Waals surface area (Å²) in [7, 11) is 0. The molecule has 0 spiro atoms. The van der Waals surface area contributed by atoms with Crippen LogP contribution < -0.4 is 5.32 Å². The minimum absolute atomic E-state index is 0.0277. The lowest BCUT2D eigenvalue weighted by atomic mass is 10.2. The van der Waals surface area contributed by atoms with E-state index in [2.05, 4.69) is 15.3 Å². The van der Waals surface area contributed by atoms with Gasteiger partial charge in [0.15, 0.2) is 0 Å². The fourth-order valence-electron chi connectivity index (χ4n) is 1.29. The third-order valence-corrected chi connectivity index (χ3v) is 2.14. The van der Waals surface area contributed by atoms with Crippen molar-refractivity contribution in [2.45, 2.75) is 25.7 Å². The number of aromatic nitrogens is 2. The summed E-state index contributed by atoms with van der Waals surface area (Å²) in [5.41, 5.74) is 0.957. The Morgan fingerprint density at radius 3 is 2.59 bits per heavy atom. The third-order valence-electron chi connectivity index (χ3n) is 2.14. The van der Waals surface area contributed by atoms with Crippen LogP contribution in [-0.4, -0.2) is 33.5 Å². The smallest absolute Gasteiger partial charge is 0.303 e. The van der Waals surface area contributed by atoms with Gasteiger partial charge in [-0.3, -0.25) is 9.59 Å². The van der Waals surface area contributed by atoms with E-state index in [1.165, 1.54) is 6.33 Å². The highest BCUT2D eigenvalue weighted by atomic mass is 16.4. The minimum Gasteiger partial charge on any atom is -0.481 e. The predicted molar refractivity (Wildman–Crippen MR) is 60.2 cm³/mol. The lowest BCUT2D eigenvalue weighted by molar-refractivity contribution is -0.137. The quantitative estimate of drug-likeness (QED) is 0.715. The number of carbonyl (C=O) groups excluding carboxylic acids is 1. The highest BCUT2D eigenvalue weighted by molar-refractivity contribution is 5.76. The Kier molecular flexibility index (Phi) is 5.63. The lowest BCUT2D eigenvalue weighted by Gasteiger charge is -2.04. The zero-order chi connectivity index (χ0) is 12.5. The first-order valence-corrected chi connectivity index (χ1v) is 5.41. The molecule has 0 fully saturated rings. The zero-order valence-electron chi connectivity index (χ0n) is 9.43. The van der Waals surface area contributed by atoms with Crippen LogP contribution in [0, 0.1) is 0 Å². The third kappa shape index (κ3) is 6.24. The molecule has 0 aliphatic rings. The van der Waals surface area contributed by atoms with Crippen LogP contribution in [-0.2, 0) is 16.0 Å². The largest absolute Gasteiger partial charge is 0.481 e. The summed E-state index contributed by atoms with van der Waals surface area (Å²) in [4.78, 5) is 29.2. The molecule has 0 bridgehead atoms. The highest BCUT2D eigenvalue weighted by Gasteiger charge is 2.03. The van der Waals surface area contributed by atoms with E-state index in [-0.39, 0.29) is 18.7 Å². The van der Waals surface area contributed by atoms with Gasteiger partial charge in [0.2, 0.25) is 5.91 Å². The van der Waals surface area contributed by atoms with Gasteiger partial charge < -0.3 is 10.4 Å². The monoisotopic (exact) mass is 237 g/mol. The van der Waals surface area contributed by atoms with Crippen molar-refractivity contribution in [1.82, 2.24) is 15.3 Å². The van der Waals surface area contributed by atoms with E-state index in [1.54, 1.807) is 12.4 Å². The molecule has 0 saturated heterocycles. The van der Waals surface area contributed by atoms with E-state index in [9.17, 15) is 9.59 Å². The topological polar surface area (TPSA) is 92.2 Å². The number of hydrogen-bond donors (Lipinski definition) is 2. The van der Waals surface area contributed by atoms with Crippen LogP contribution in [0.25, 0.3) is 0 Å². The summed E-state index contributed by atoms with van der Waals surface area (Å²) in [6, 6.07) is 0. The van der Waals surface area contributed by atoms with Gasteiger partial charge in [-0.15, -0.1) is 0 Å². The molecular formula is C11H15N3O3. The molecule has 0 atom stereocenters. The average molecular weight is 237 g/mol. The second-order valence-corrected chi connectivity index (χ2v) is 3.59. The Hall–Kier alpha value is -1.98. The van der Waals surface area contributed by atoms with Crippen LogP contribution >= 0.6 is 0 Å². The number of carbonyl (C=O) groups is 2. The van der Waals surface area contributed by atoms with Crippen LogP contribution in [0.2, 0.25) is 0 Å². The highest BCUT2D eigenvalue weighted by Crippen LogP contribution is 1.96. The van der Waals surface area contributed by atoms with Gasteiger partial charge in [0.1, 0.15) is 6.33 Å². The summed E-state index contributed by atoms with van der Waals surface area (Å²) >= 11 is 0. The molecule has 0 aliphatic heterocycles. The van der Waals surface area contributed by atoms with Crippen molar-refractivity contribution in [3.8, 4) is 0 Å². The summed E-state index contributed by atoms with van der Waals surface area (Å²) in [5.74, 6) is -0.998. The Balaban J connectivity index is 2.10. The normalized spacial score (nSPS) is 9.88. The first-order chi connectivity index (χ1) is 8.18. The van der Waals surface area contributed by atoms with E-state index < -0.39 is 5.97 Å². The number of amides is 1. The molecule has 92 valence electrons. The maximum Gasteiger partial charge on any atom is 0.303 e. The Morgan fingerprint density at radius 2 is 1.94 bits per heavy atom. The standard InChI is InChI=1S/C11H15N3O3/c15-10(2-1-3-11(16)17)14-5-4-9-6-12-8-13-7-9/h6-8H,1-5H2,(H,14,15)(H,16,17). The van der Waals surface area contributed by atoms with Gasteiger partial charge in [-0.2, -0.15) is 0 Å². The minimum atomic E-state index is -0.876. The molecule has 1 rings (SSSR count). The second kappa shape index (κ2) is 7.32. The summed E-state index contributed by atoms with van der Waals surface area (Å²) in [6.07, 6.45) is 6.17. The first-order valence-electron chi connectivity index (χ1n) is 5.41. The van der Waals surface area contributed by atoms with Crippen molar-refractivity contribution < 1.29 is 14.7 Å². The molecule has 1 heterocycles. The van der Waals surface area contributed by atoms with Crippen molar-refractivity contribution >= 4 is 11.9 Å². The van der Waals surface area contributed by atoms with Crippen LogP contribution in [0.15, 0.2) is 18.7 Å². The van der Waals surface area contributed by atoms with Gasteiger partial charge >= 0.3 is 5.97 Å². The zero-order valence-corrected chi connectivity index (χ0v) is 9.43. The van der Waals surface area contributed by atoms with Crippen LogP contribution in [0.5, 0.6) is 0 Å². The molecule has 6 nitrogen and oxygen atoms in total. The van der Waals surface area contributed by atoms with Gasteiger partial charge in [0.25, 0.3) is 0 Å². The van der Waals surface area contributed by atoms with E-state index in [1.807, 2.05) is 0 Å². The number of rotatable bonds is 7. The Bertz CT molecular complexity index is 367. The van der Waals surface area contributed by atoms with Crippen molar-refractivity contribution in [1.29, 1.82) is 0 Å². The summed E-state index contributed by atoms with van der Waals surface area (Å²) < 4.78 is 0. The van der Waals surface area contributed by atoms with Gasteiger partial charge in [-0.1, -0.05) is 0 Å². The fraction of sp³-hybridized carbons (Fsp3) is 0.455. The van der Waals surface area contributed by atoms with Crippen LogP contribution in [0.4, 0.5) is 0 Å². The fourth-order valence-corrected chi connectivity index (χ4v) is 1.29. The number of carboxylic acids is 1. The van der Waals surface area contributed by atoms with Crippen LogP contribution in [0.1, 0.15) is 24.8 Å². The number of nitrogens with zero attached hydrogens (tertiary/aromatic N) is 2. The SMILES string of the molecule is O=C(O)CCCC(=O)NCCc1cncnc1. The first kappa shape index (κ1) is 13.1. The van der Waals surface area contributed by atoms with Crippen LogP contribution in [0.3, 0.4) is 0 Å². The molecule has 0 radical (unpaired) electrons. The number of nitrogens with one attached hydrogen (secondary N) is 1.